The van der Waals surface area contributed by atoms with Crippen molar-refractivity contribution in [1.29, 1.82) is 0 Å². The Balaban J connectivity index is 1.52. The predicted molar refractivity (Wildman–Crippen MR) is 106 cm³/mol. The van der Waals surface area contributed by atoms with Gasteiger partial charge in [0, 0.05) is 24.8 Å². The number of methoxy groups -OCH3 is 1. The third-order valence-corrected chi connectivity index (χ3v) is 6.67. The lowest BCUT2D eigenvalue weighted by Gasteiger charge is -2.21. The van der Waals surface area contributed by atoms with Gasteiger partial charge in [0.1, 0.15) is 10.6 Å². The molecule has 3 rings (SSSR count). The van der Waals surface area contributed by atoms with Crippen LogP contribution in [0.25, 0.3) is 0 Å². The zero-order valence-electron chi connectivity index (χ0n) is 16.4. The molecule has 2 fully saturated rings. The van der Waals surface area contributed by atoms with Crippen LogP contribution in [0, 0.1) is 0 Å². The largest absolute Gasteiger partial charge is 0.495 e. The molecule has 2 saturated carbocycles. The maximum Gasteiger partial charge on any atom is 0.251 e. The van der Waals surface area contributed by atoms with Gasteiger partial charge in [0.05, 0.1) is 13.2 Å². The molecule has 0 aliphatic heterocycles. The average molecular weight is 411 g/mol. The van der Waals surface area contributed by atoms with Gasteiger partial charge in [0.15, 0.2) is 0 Å². The van der Waals surface area contributed by atoms with Gasteiger partial charge in [-0.25, -0.2) is 13.1 Å². The highest BCUT2D eigenvalue weighted by atomic mass is 32.2. The molecule has 0 spiro atoms. The van der Waals surface area contributed by atoms with Crippen molar-refractivity contribution in [2.45, 2.75) is 68.4 Å². The monoisotopic (exact) mass is 410 g/mol. The first kappa shape index (κ1) is 21.1. The van der Waals surface area contributed by atoms with E-state index in [-0.39, 0.29) is 22.6 Å². The second-order valence-electron chi connectivity index (χ2n) is 7.50. The topological polar surface area (TPSA) is 93.7 Å². The van der Waals surface area contributed by atoms with E-state index in [2.05, 4.69) is 10.0 Å². The summed E-state index contributed by atoms with van der Waals surface area (Å²) in [6, 6.07) is 4.44. The summed E-state index contributed by atoms with van der Waals surface area (Å²) in [5.41, 5.74) is 0.296. The number of benzene rings is 1. The van der Waals surface area contributed by atoms with Gasteiger partial charge in [-0.3, -0.25) is 4.79 Å². The van der Waals surface area contributed by atoms with E-state index in [1.54, 1.807) is 6.07 Å². The molecule has 2 aliphatic carbocycles. The minimum atomic E-state index is -3.71. The van der Waals surface area contributed by atoms with E-state index >= 15 is 0 Å². The number of carbonyl (C=O) groups is 1. The number of amides is 1. The summed E-state index contributed by atoms with van der Waals surface area (Å²) >= 11 is 0. The van der Waals surface area contributed by atoms with E-state index in [1.165, 1.54) is 38.5 Å². The highest BCUT2D eigenvalue weighted by molar-refractivity contribution is 7.89. The lowest BCUT2D eigenvalue weighted by atomic mass is 9.98. The van der Waals surface area contributed by atoms with E-state index in [1.807, 2.05) is 0 Å². The Morgan fingerprint density at radius 3 is 2.57 bits per heavy atom. The fourth-order valence-electron chi connectivity index (χ4n) is 3.37. The maximum absolute atomic E-state index is 12.5. The van der Waals surface area contributed by atoms with Gasteiger partial charge < -0.3 is 14.8 Å². The van der Waals surface area contributed by atoms with Crippen molar-refractivity contribution in [3.8, 4) is 5.75 Å². The van der Waals surface area contributed by atoms with E-state index in [9.17, 15) is 13.2 Å². The van der Waals surface area contributed by atoms with Crippen LogP contribution in [0.4, 0.5) is 0 Å². The van der Waals surface area contributed by atoms with Crippen molar-refractivity contribution in [2.75, 3.05) is 20.3 Å². The van der Waals surface area contributed by atoms with Crippen LogP contribution < -0.4 is 14.8 Å². The minimum absolute atomic E-state index is 0.00446. The normalized spacial score (nSPS) is 18.0. The number of rotatable bonds is 10. The van der Waals surface area contributed by atoms with Gasteiger partial charge in [-0.2, -0.15) is 0 Å². The first-order valence-corrected chi connectivity index (χ1v) is 11.6. The van der Waals surface area contributed by atoms with E-state index in [4.69, 9.17) is 9.47 Å². The second-order valence-corrected chi connectivity index (χ2v) is 9.18. The van der Waals surface area contributed by atoms with E-state index in [0.29, 0.717) is 24.8 Å². The molecular formula is C20H30N2O5S. The van der Waals surface area contributed by atoms with E-state index in [0.717, 1.165) is 32.1 Å². The minimum Gasteiger partial charge on any atom is -0.495 e. The van der Waals surface area contributed by atoms with Gasteiger partial charge in [-0.1, -0.05) is 19.3 Å². The lowest BCUT2D eigenvalue weighted by molar-refractivity contribution is 0.0273. The van der Waals surface area contributed by atoms with Crippen LogP contribution in [0.1, 0.15) is 61.7 Å². The molecule has 2 aliphatic rings. The number of hydrogen-bond acceptors (Lipinski definition) is 5. The molecule has 2 N–H and O–H groups in total. The lowest BCUT2D eigenvalue weighted by Crippen LogP contribution is -2.28. The summed E-state index contributed by atoms with van der Waals surface area (Å²) in [6.07, 6.45) is 8.79. The van der Waals surface area contributed by atoms with Crippen molar-refractivity contribution >= 4 is 15.9 Å². The van der Waals surface area contributed by atoms with Crippen LogP contribution in [-0.2, 0) is 14.8 Å². The molecular weight excluding hydrogens is 380 g/mol. The van der Waals surface area contributed by atoms with Crippen LogP contribution in [-0.4, -0.2) is 46.7 Å². The number of carbonyl (C=O) groups excluding carboxylic acids is 1. The van der Waals surface area contributed by atoms with Gasteiger partial charge in [-0.05, 0) is 50.3 Å². The Morgan fingerprint density at radius 2 is 1.89 bits per heavy atom. The van der Waals surface area contributed by atoms with Crippen LogP contribution in [0.3, 0.4) is 0 Å². The molecule has 0 aromatic heterocycles. The summed E-state index contributed by atoms with van der Waals surface area (Å²) in [5, 5.41) is 2.83. The molecule has 0 unspecified atom stereocenters. The van der Waals surface area contributed by atoms with Crippen molar-refractivity contribution in [2.24, 2.45) is 0 Å². The fourth-order valence-corrected chi connectivity index (χ4v) is 4.87. The average Bonchev–Trinajstić information content (AvgIpc) is 3.51. The quantitative estimate of drug-likeness (QED) is 0.578. The molecule has 156 valence electrons. The Hall–Kier alpha value is -1.64. The Kier molecular flexibility index (Phi) is 7.31. The molecule has 8 heteroatoms. The standard InChI is InChI=1S/C20H30N2O5S/c1-26-18-11-8-15(14-19(18)28(24,25)22-16-9-10-16)20(23)21-12-5-13-27-17-6-3-2-4-7-17/h8,11,14,16-17,22H,2-7,9-10,12-13H2,1H3,(H,21,23). The van der Waals surface area contributed by atoms with Crippen LogP contribution in [0.15, 0.2) is 23.1 Å². The molecule has 7 nitrogen and oxygen atoms in total. The Morgan fingerprint density at radius 1 is 1.14 bits per heavy atom. The molecule has 0 bridgehead atoms. The predicted octanol–water partition coefficient (Wildman–Crippen LogP) is 2.61. The molecule has 28 heavy (non-hydrogen) atoms. The molecule has 0 saturated heterocycles. The SMILES string of the molecule is COc1ccc(C(=O)NCCCOC2CCCCC2)cc1S(=O)(=O)NC1CC1. The van der Waals surface area contributed by atoms with Crippen LogP contribution in [0.2, 0.25) is 0 Å². The highest BCUT2D eigenvalue weighted by Crippen LogP contribution is 2.28. The second kappa shape index (κ2) is 9.71. The molecule has 1 aromatic rings. The maximum atomic E-state index is 12.5. The summed E-state index contributed by atoms with van der Waals surface area (Å²) in [7, 11) is -2.30. The van der Waals surface area contributed by atoms with Gasteiger partial charge >= 0.3 is 0 Å². The Labute approximate surface area is 167 Å². The summed E-state index contributed by atoms with van der Waals surface area (Å²) in [5.74, 6) is -0.0752. The zero-order valence-corrected chi connectivity index (χ0v) is 17.2. The van der Waals surface area contributed by atoms with Crippen molar-refractivity contribution in [3.05, 3.63) is 23.8 Å². The third kappa shape index (κ3) is 5.93. The van der Waals surface area contributed by atoms with Crippen molar-refractivity contribution < 1.29 is 22.7 Å². The smallest absolute Gasteiger partial charge is 0.251 e. The van der Waals surface area contributed by atoms with E-state index < -0.39 is 10.0 Å². The first-order chi connectivity index (χ1) is 13.5. The number of ether oxygens (including phenoxy) is 2. The van der Waals surface area contributed by atoms with Gasteiger partial charge in [0.2, 0.25) is 10.0 Å². The van der Waals surface area contributed by atoms with Gasteiger partial charge in [-0.15, -0.1) is 0 Å². The summed E-state index contributed by atoms with van der Waals surface area (Å²) < 4.78 is 38.7. The number of nitrogens with one attached hydrogen (secondary N) is 2. The van der Waals surface area contributed by atoms with Gasteiger partial charge in [0.25, 0.3) is 5.91 Å². The third-order valence-electron chi connectivity index (χ3n) is 5.13. The number of hydrogen-bond donors (Lipinski definition) is 2. The van der Waals surface area contributed by atoms with Crippen molar-refractivity contribution in [3.63, 3.8) is 0 Å². The van der Waals surface area contributed by atoms with Crippen LogP contribution in [0.5, 0.6) is 5.75 Å². The molecule has 1 amide bonds. The molecule has 0 atom stereocenters. The van der Waals surface area contributed by atoms with Crippen LogP contribution >= 0.6 is 0 Å². The molecule has 0 heterocycles. The Bertz CT molecular complexity index is 771. The fraction of sp³-hybridized carbons (Fsp3) is 0.650. The zero-order chi connectivity index (χ0) is 20.0. The van der Waals surface area contributed by atoms with Crippen molar-refractivity contribution in [1.82, 2.24) is 10.0 Å². The summed E-state index contributed by atoms with van der Waals surface area (Å²) in [6.45, 7) is 1.11. The summed E-state index contributed by atoms with van der Waals surface area (Å²) in [4.78, 5) is 12.4. The molecule has 1 aromatic carbocycles. The molecule has 0 radical (unpaired) electrons. The first-order valence-electron chi connectivity index (χ1n) is 10.1. The number of sulfonamides is 1. The highest BCUT2D eigenvalue weighted by Gasteiger charge is 2.30.